The van der Waals surface area contributed by atoms with Gasteiger partial charge in [0, 0.05) is 30.4 Å². The minimum absolute atomic E-state index is 0.0127. The number of carbonyl (C=O) groups excluding carboxylic acids is 1. The van der Waals surface area contributed by atoms with E-state index in [1.807, 2.05) is 47.3 Å². The second kappa shape index (κ2) is 9.75. The first-order chi connectivity index (χ1) is 15.1. The van der Waals surface area contributed by atoms with Crippen molar-refractivity contribution in [1.29, 1.82) is 0 Å². The molecule has 0 radical (unpaired) electrons. The maximum atomic E-state index is 13.1. The quantitative estimate of drug-likeness (QED) is 0.615. The zero-order valence-electron chi connectivity index (χ0n) is 18.1. The van der Waals surface area contributed by atoms with E-state index < -0.39 is 0 Å². The summed E-state index contributed by atoms with van der Waals surface area (Å²) in [5.41, 5.74) is 3.03. The van der Waals surface area contributed by atoms with Crippen LogP contribution in [0, 0.1) is 6.92 Å². The molecule has 1 fully saturated rings. The van der Waals surface area contributed by atoms with Gasteiger partial charge < -0.3 is 10.1 Å². The van der Waals surface area contributed by atoms with Crippen LogP contribution in [-0.4, -0.2) is 38.2 Å². The number of rotatable bonds is 7. The number of piperidine rings is 1. The Morgan fingerprint density at radius 1 is 1.16 bits per heavy atom. The Morgan fingerprint density at radius 3 is 2.71 bits per heavy atom. The van der Waals surface area contributed by atoms with Crippen molar-refractivity contribution in [3.05, 3.63) is 66.1 Å². The highest BCUT2D eigenvalue weighted by atomic mass is 16.5. The van der Waals surface area contributed by atoms with Crippen LogP contribution in [0.25, 0.3) is 0 Å². The first-order valence-corrected chi connectivity index (χ1v) is 10.9. The zero-order chi connectivity index (χ0) is 21.6. The molecule has 1 saturated heterocycles. The van der Waals surface area contributed by atoms with E-state index in [9.17, 15) is 4.79 Å². The number of hydrogen-bond acceptors (Lipinski definition) is 5. The minimum Gasteiger partial charge on any atom is -0.439 e. The molecule has 2 aromatic heterocycles. The first kappa shape index (κ1) is 21.1. The summed E-state index contributed by atoms with van der Waals surface area (Å²) in [5.74, 6) is 1.23. The molecule has 4 rings (SSSR count). The van der Waals surface area contributed by atoms with Gasteiger partial charge in [0.2, 0.25) is 11.8 Å². The van der Waals surface area contributed by atoms with Crippen molar-refractivity contribution < 1.29 is 9.53 Å². The molecule has 7 heteroatoms. The fourth-order valence-corrected chi connectivity index (χ4v) is 4.00. The molecular weight excluding hydrogens is 390 g/mol. The highest BCUT2D eigenvalue weighted by Crippen LogP contribution is 2.24. The lowest BCUT2D eigenvalue weighted by Gasteiger charge is -2.34. The molecule has 0 spiro atoms. The predicted octanol–water partition coefficient (Wildman–Crippen LogP) is 4.39. The molecule has 1 atom stereocenters. The van der Waals surface area contributed by atoms with Crippen LogP contribution in [0.1, 0.15) is 37.4 Å². The van der Waals surface area contributed by atoms with E-state index >= 15 is 0 Å². The number of benzene rings is 1. The van der Waals surface area contributed by atoms with E-state index in [0.717, 1.165) is 44.6 Å². The molecule has 162 valence electrons. The fraction of sp³-hybridized carbons (Fsp3) is 0.375. The Bertz CT molecular complexity index is 1000. The third kappa shape index (κ3) is 5.11. The summed E-state index contributed by atoms with van der Waals surface area (Å²) in [6.45, 7) is 6.69. The van der Waals surface area contributed by atoms with Crippen LogP contribution >= 0.6 is 0 Å². The van der Waals surface area contributed by atoms with Gasteiger partial charge in [0.25, 0.3) is 0 Å². The average molecular weight is 420 g/mol. The Hall–Kier alpha value is -3.19. The number of likely N-dealkylation sites (tertiary alicyclic amines) is 1. The van der Waals surface area contributed by atoms with Crippen molar-refractivity contribution in [2.45, 2.75) is 52.2 Å². The summed E-state index contributed by atoms with van der Waals surface area (Å²) in [7, 11) is 0. The van der Waals surface area contributed by atoms with Crippen molar-refractivity contribution in [3.8, 4) is 11.6 Å². The standard InChI is InChI=1S/C24H29N5O2/c1-3-29-18(2)19(15-26-29)17-28-14-8-7-11-22(28)24(30)27-20-12-13-23(25-16-20)31-21-9-5-4-6-10-21/h4-6,9-10,12-13,15-16,22H,3,7-8,11,14,17H2,1-2H3,(H,27,30). The third-order valence-electron chi connectivity index (χ3n) is 5.76. The number of para-hydroxylation sites is 1. The van der Waals surface area contributed by atoms with Gasteiger partial charge in [-0.25, -0.2) is 4.98 Å². The first-order valence-electron chi connectivity index (χ1n) is 10.9. The molecular formula is C24H29N5O2. The molecule has 1 aliphatic rings. The Balaban J connectivity index is 1.39. The molecule has 31 heavy (non-hydrogen) atoms. The molecule has 1 N–H and O–H groups in total. The topological polar surface area (TPSA) is 72.3 Å². The summed E-state index contributed by atoms with van der Waals surface area (Å²) < 4.78 is 7.72. The highest BCUT2D eigenvalue weighted by molar-refractivity contribution is 5.94. The molecule has 1 aliphatic heterocycles. The maximum absolute atomic E-state index is 13.1. The minimum atomic E-state index is -0.154. The van der Waals surface area contributed by atoms with E-state index in [0.29, 0.717) is 11.6 Å². The monoisotopic (exact) mass is 419 g/mol. The molecule has 0 bridgehead atoms. The number of amides is 1. The molecule has 3 aromatic rings. The molecule has 0 aliphatic carbocycles. The smallest absolute Gasteiger partial charge is 0.241 e. The number of nitrogens with one attached hydrogen (secondary N) is 1. The SMILES string of the molecule is CCn1ncc(CN2CCCCC2C(=O)Nc2ccc(Oc3ccccc3)nc2)c1C. The molecule has 3 heterocycles. The van der Waals surface area contributed by atoms with Crippen LogP contribution < -0.4 is 10.1 Å². The van der Waals surface area contributed by atoms with Gasteiger partial charge in [-0.05, 0) is 51.4 Å². The van der Waals surface area contributed by atoms with Crippen molar-refractivity contribution in [2.24, 2.45) is 0 Å². The second-order valence-electron chi connectivity index (χ2n) is 7.84. The van der Waals surface area contributed by atoms with E-state index in [1.165, 1.54) is 11.3 Å². The lowest BCUT2D eigenvalue weighted by Crippen LogP contribution is -2.46. The van der Waals surface area contributed by atoms with Crippen LogP contribution in [0.4, 0.5) is 5.69 Å². The Labute approximate surface area is 183 Å². The van der Waals surface area contributed by atoms with Gasteiger partial charge in [-0.3, -0.25) is 14.4 Å². The van der Waals surface area contributed by atoms with Gasteiger partial charge in [-0.1, -0.05) is 24.6 Å². The predicted molar refractivity (Wildman–Crippen MR) is 120 cm³/mol. The largest absolute Gasteiger partial charge is 0.439 e. The van der Waals surface area contributed by atoms with Gasteiger partial charge in [-0.2, -0.15) is 5.10 Å². The summed E-state index contributed by atoms with van der Waals surface area (Å²) in [6, 6.07) is 12.9. The van der Waals surface area contributed by atoms with Crippen molar-refractivity contribution in [3.63, 3.8) is 0 Å². The van der Waals surface area contributed by atoms with E-state index in [-0.39, 0.29) is 11.9 Å². The van der Waals surface area contributed by atoms with E-state index in [2.05, 4.69) is 34.1 Å². The number of pyridine rings is 1. The van der Waals surface area contributed by atoms with Crippen LogP contribution in [-0.2, 0) is 17.9 Å². The lowest BCUT2D eigenvalue weighted by atomic mass is 10.0. The molecule has 7 nitrogen and oxygen atoms in total. The number of anilines is 1. The number of carbonyl (C=O) groups is 1. The number of aromatic nitrogens is 3. The summed E-state index contributed by atoms with van der Waals surface area (Å²) in [4.78, 5) is 19.6. The molecule has 1 amide bonds. The third-order valence-corrected chi connectivity index (χ3v) is 5.76. The number of hydrogen-bond donors (Lipinski definition) is 1. The second-order valence-corrected chi connectivity index (χ2v) is 7.84. The molecule has 0 saturated carbocycles. The maximum Gasteiger partial charge on any atom is 0.241 e. The lowest BCUT2D eigenvalue weighted by molar-refractivity contribution is -0.122. The van der Waals surface area contributed by atoms with E-state index in [1.54, 1.807) is 12.3 Å². The van der Waals surface area contributed by atoms with Gasteiger partial charge in [0.05, 0.1) is 24.1 Å². The number of aryl methyl sites for hydroxylation is 1. The summed E-state index contributed by atoms with van der Waals surface area (Å²) in [6.07, 6.45) is 6.59. The highest BCUT2D eigenvalue weighted by Gasteiger charge is 2.29. The van der Waals surface area contributed by atoms with E-state index in [4.69, 9.17) is 4.74 Å². The zero-order valence-corrected chi connectivity index (χ0v) is 18.1. The number of nitrogens with zero attached hydrogens (tertiary/aromatic N) is 4. The Morgan fingerprint density at radius 2 is 2.00 bits per heavy atom. The average Bonchev–Trinajstić information content (AvgIpc) is 3.15. The van der Waals surface area contributed by atoms with Crippen molar-refractivity contribution in [2.75, 3.05) is 11.9 Å². The molecule has 1 unspecified atom stereocenters. The van der Waals surface area contributed by atoms with Gasteiger partial charge in [-0.15, -0.1) is 0 Å². The Kier molecular flexibility index (Phi) is 6.62. The van der Waals surface area contributed by atoms with Gasteiger partial charge in [0.15, 0.2) is 0 Å². The van der Waals surface area contributed by atoms with Crippen molar-refractivity contribution >= 4 is 11.6 Å². The fourth-order valence-electron chi connectivity index (χ4n) is 4.00. The van der Waals surface area contributed by atoms with Crippen LogP contribution in [0.15, 0.2) is 54.9 Å². The van der Waals surface area contributed by atoms with Crippen LogP contribution in [0.3, 0.4) is 0 Å². The normalized spacial score (nSPS) is 16.8. The molecule has 1 aromatic carbocycles. The van der Waals surface area contributed by atoms with Crippen LogP contribution in [0.5, 0.6) is 11.6 Å². The summed E-state index contributed by atoms with van der Waals surface area (Å²) >= 11 is 0. The van der Waals surface area contributed by atoms with Crippen LogP contribution in [0.2, 0.25) is 0 Å². The number of ether oxygens (including phenoxy) is 1. The summed E-state index contributed by atoms with van der Waals surface area (Å²) in [5, 5.41) is 7.47. The van der Waals surface area contributed by atoms with Gasteiger partial charge in [0.1, 0.15) is 5.75 Å². The van der Waals surface area contributed by atoms with Gasteiger partial charge >= 0.3 is 0 Å². The van der Waals surface area contributed by atoms with Crippen molar-refractivity contribution in [1.82, 2.24) is 19.7 Å².